The van der Waals surface area contributed by atoms with Crippen molar-refractivity contribution in [3.8, 4) is 5.75 Å². The number of fused-ring (bicyclic) bond motifs is 2. The van der Waals surface area contributed by atoms with Crippen molar-refractivity contribution in [3.05, 3.63) is 57.9 Å². The third-order valence-electron chi connectivity index (χ3n) is 8.06. The summed E-state index contributed by atoms with van der Waals surface area (Å²) in [4.78, 5) is 23.2. The highest BCUT2D eigenvalue weighted by Crippen LogP contribution is 2.54. The van der Waals surface area contributed by atoms with Crippen LogP contribution in [-0.2, 0) is 0 Å². The average Bonchev–Trinajstić information content (AvgIpc) is 3.47. The summed E-state index contributed by atoms with van der Waals surface area (Å²) >= 11 is 7.72. The third kappa shape index (κ3) is 6.02. The third-order valence-corrected chi connectivity index (χ3v) is 9.62. The molecule has 3 fully saturated rings. The zero-order chi connectivity index (χ0) is 27.7. The summed E-state index contributed by atoms with van der Waals surface area (Å²) in [6.45, 7) is 7.94. The molecule has 0 radical (unpaired) electrons. The number of ether oxygens (including phenoxy) is 1. The zero-order valence-corrected chi connectivity index (χ0v) is 23.3. The van der Waals surface area contributed by atoms with Gasteiger partial charge < -0.3 is 25.6 Å². The van der Waals surface area contributed by atoms with E-state index in [-0.39, 0.29) is 34.7 Å². The highest BCUT2D eigenvalue weighted by atomic mass is 35.5. The maximum atomic E-state index is 14.4. The van der Waals surface area contributed by atoms with E-state index < -0.39 is 10.7 Å². The van der Waals surface area contributed by atoms with Gasteiger partial charge in [0.1, 0.15) is 5.75 Å². The minimum atomic E-state index is -0.561. The molecule has 0 amide bonds. The molecule has 39 heavy (non-hydrogen) atoms. The van der Waals surface area contributed by atoms with Crippen LogP contribution in [0.4, 0.5) is 21.6 Å². The predicted molar refractivity (Wildman–Crippen MR) is 152 cm³/mol. The van der Waals surface area contributed by atoms with Crippen LogP contribution in [0.1, 0.15) is 12.8 Å². The molecule has 2 bridgehead atoms. The molecule has 3 N–H and O–H groups in total. The largest absolute Gasteiger partial charge is 0.490 e. The number of rotatable bonds is 10. The number of halogens is 2. The van der Waals surface area contributed by atoms with Crippen LogP contribution in [0.5, 0.6) is 5.75 Å². The second-order valence-corrected chi connectivity index (χ2v) is 12.1. The van der Waals surface area contributed by atoms with Crippen molar-refractivity contribution >= 4 is 40.6 Å². The summed E-state index contributed by atoms with van der Waals surface area (Å²) in [7, 11) is 2.09. The molecule has 1 saturated heterocycles. The van der Waals surface area contributed by atoms with E-state index in [0.29, 0.717) is 35.0 Å². The van der Waals surface area contributed by atoms with Gasteiger partial charge in [0.05, 0.1) is 29.5 Å². The number of benzene rings is 1. The van der Waals surface area contributed by atoms with Crippen LogP contribution in [0.2, 0.25) is 5.28 Å². The first-order valence-corrected chi connectivity index (χ1v) is 14.5. The van der Waals surface area contributed by atoms with Crippen molar-refractivity contribution in [2.75, 3.05) is 55.8 Å². The number of hydrogen-bond donors (Lipinski definition) is 2. The molecule has 13 heteroatoms. The summed E-state index contributed by atoms with van der Waals surface area (Å²) in [5.41, 5.74) is 7.67. The Morgan fingerprint density at radius 3 is 2.85 bits per heavy atom. The van der Waals surface area contributed by atoms with E-state index in [2.05, 4.69) is 38.7 Å². The van der Waals surface area contributed by atoms with Gasteiger partial charge in [-0.3, -0.25) is 10.1 Å². The Morgan fingerprint density at radius 1 is 1.36 bits per heavy atom. The number of likely N-dealkylation sites (N-methyl/N-ethyl adjacent to an activating group) is 1. The van der Waals surface area contributed by atoms with Crippen LogP contribution < -0.4 is 20.7 Å². The van der Waals surface area contributed by atoms with Crippen molar-refractivity contribution in [3.63, 3.8) is 0 Å². The van der Waals surface area contributed by atoms with Crippen molar-refractivity contribution in [1.82, 2.24) is 14.9 Å². The summed E-state index contributed by atoms with van der Waals surface area (Å²) in [6.07, 6.45) is 3.02. The first-order chi connectivity index (χ1) is 18.7. The first-order valence-electron chi connectivity index (χ1n) is 13.1. The second kappa shape index (κ2) is 11.7. The first kappa shape index (κ1) is 27.7. The lowest BCUT2D eigenvalue weighted by Crippen LogP contribution is -2.44. The summed E-state index contributed by atoms with van der Waals surface area (Å²) in [5, 5.41) is 15.0. The molecular formula is C26H33ClFN7O3S. The quantitative estimate of drug-likeness (QED) is 0.185. The molecule has 5 rings (SSSR count). The Bertz CT molecular complexity index is 1230. The molecule has 5 atom stereocenters. The molecule has 2 aliphatic carbocycles. The van der Waals surface area contributed by atoms with Gasteiger partial charge in [-0.05, 0) is 49.4 Å². The van der Waals surface area contributed by atoms with E-state index in [1.54, 1.807) is 6.07 Å². The maximum Gasteiger partial charge on any atom is 0.273 e. The predicted octanol–water partition coefficient (Wildman–Crippen LogP) is 4.02. The van der Waals surface area contributed by atoms with Crippen molar-refractivity contribution < 1.29 is 14.1 Å². The number of hydrogen-bond acceptors (Lipinski definition) is 10. The Labute approximate surface area is 236 Å². The Morgan fingerprint density at radius 2 is 2.13 bits per heavy atom. The van der Waals surface area contributed by atoms with Gasteiger partial charge in [-0.15, -0.1) is 0 Å². The molecule has 1 aliphatic heterocycles. The number of nitro groups is 1. The van der Waals surface area contributed by atoms with Gasteiger partial charge in [-0.2, -0.15) is 16.7 Å². The molecule has 10 nitrogen and oxygen atoms in total. The number of nitrogens with two attached hydrogens (primary N) is 1. The molecule has 210 valence electrons. The van der Waals surface area contributed by atoms with Crippen molar-refractivity contribution in [2.24, 2.45) is 23.5 Å². The Kier molecular flexibility index (Phi) is 8.34. The average molecular weight is 578 g/mol. The number of thioether (sulfide) groups is 1. The van der Waals surface area contributed by atoms with E-state index in [1.807, 2.05) is 11.8 Å². The van der Waals surface area contributed by atoms with Crippen LogP contribution in [0.3, 0.4) is 0 Å². The van der Waals surface area contributed by atoms with Crippen LogP contribution in [0, 0.1) is 33.7 Å². The number of anilines is 2. The number of nitrogens with zero attached hydrogens (tertiary/aromatic N) is 5. The van der Waals surface area contributed by atoms with Crippen molar-refractivity contribution in [1.29, 1.82) is 0 Å². The maximum absolute atomic E-state index is 14.4. The molecular weight excluding hydrogens is 545 g/mol. The van der Waals surface area contributed by atoms with Crippen molar-refractivity contribution in [2.45, 2.75) is 24.1 Å². The lowest BCUT2D eigenvalue weighted by Gasteiger charge is -2.36. The molecule has 2 aromatic rings. The molecule has 3 aliphatic rings. The highest BCUT2D eigenvalue weighted by Gasteiger charge is 2.53. The normalized spacial score (nSPS) is 26.5. The van der Waals surface area contributed by atoms with E-state index >= 15 is 0 Å². The molecule has 2 saturated carbocycles. The van der Waals surface area contributed by atoms with Gasteiger partial charge in [0.25, 0.3) is 5.69 Å². The monoisotopic (exact) mass is 577 g/mol. The van der Waals surface area contributed by atoms with Gasteiger partial charge in [-0.1, -0.05) is 6.58 Å². The van der Waals surface area contributed by atoms with Gasteiger partial charge in [0.2, 0.25) is 5.28 Å². The highest BCUT2D eigenvalue weighted by molar-refractivity contribution is 7.99. The number of piperazine rings is 1. The molecule has 2 heterocycles. The summed E-state index contributed by atoms with van der Waals surface area (Å²) < 4.78 is 20.5. The fourth-order valence-electron chi connectivity index (χ4n) is 6.22. The lowest BCUT2D eigenvalue weighted by atomic mass is 9.82. The SMILES string of the molecule is C=C(N)[C@H]1[C@H]2C[C@@H]([C@H]1Nc1nc(Cl)ncc1F)[C@H](SCCOc1cc([N+](=O)[O-])ccc1N1CCN(C)CC1)C2. The fraction of sp³-hybridized carbons (Fsp3) is 0.538. The number of non-ortho nitro benzene ring substituents is 1. The Hall–Kier alpha value is -2.83. The summed E-state index contributed by atoms with van der Waals surface area (Å²) in [5.74, 6) is 1.39. The van der Waals surface area contributed by atoms with Crippen LogP contribution in [-0.4, -0.2) is 76.7 Å². The number of aromatic nitrogens is 2. The Balaban J connectivity index is 1.22. The molecule has 0 unspecified atom stereocenters. The fourth-order valence-corrected chi connectivity index (χ4v) is 7.75. The second-order valence-electron chi connectivity index (χ2n) is 10.5. The van der Waals surface area contributed by atoms with Gasteiger partial charge in [-0.25, -0.2) is 9.37 Å². The van der Waals surface area contributed by atoms with Crippen LogP contribution in [0.25, 0.3) is 0 Å². The standard InChI is InChI=1S/C26H33ClFN7O3S/c1-15(29)23-16-11-18(24(23)31-25-19(28)14-30-26(27)32-25)22(12-16)39-10-9-38-21-13-17(35(36)37)3-4-20(21)34-7-5-33(2)6-8-34/h3-4,13-14,16,18,22-24H,1,5-12,29H2,2H3,(H,30,31,32)/t16-,18+,22+,23-,24+/m0/s1. The zero-order valence-electron chi connectivity index (χ0n) is 21.8. The molecule has 1 aromatic heterocycles. The van der Waals surface area contributed by atoms with Gasteiger partial charge in [0.15, 0.2) is 11.6 Å². The van der Waals surface area contributed by atoms with Crippen LogP contribution in [0.15, 0.2) is 36.7 Å². The van der Waals surface area contributed by atoms with E-state index in [0.717, 1.165) is 50.9 Å². The minimum Gasteiger partial charge on any atom is -0.490 e. The van der Waals surface area contributed by atoms with Crippen LogP contribution >= 0.6 is 23.4 Å². The van der Waals surface area contributed by atoms with E-state index in [4.69, 9.17) is 22.1 Å². The van der Waals surface area contributed by atoms with Gasteiger partial charge in [0, 0.05) is 60.9 Å². The molecule has 0 spiro atoms. The topological polar surface area (TPSA) is 123 Å². The van der Waals surface area contributed by atoms with E-state index in [9.17, 15) is 14.5 Å². The van der Waals surface area contributed by atoms with E-state index in [1.165, 1.54) is 12.1 Å². The number of nitrogens with one attached hydrogen (secondary N) is 1. The van der Waals surface area contributed by atoms with Gasteiger partial charge >= 0.3 is 0 Å². The molecule has 1 aromatic carbocycles. The lowest BCUT2D eigenvalue weighted by molar-refractivity contribution is -0.384. The minimum absolute atomic E-state index is 0.0164. The number of nitro benzene ring substituents is 1. The summed E-state index contributed by atoms with van der Waals surface area (Å²) in [6, 6.07) is 4.74. The smallest absolute Gasteiger partial charge is 0.273 e.